The summed E-state index contributed by atoms with van der Waals surface area (Å²) in [7, 11) is 0. The van der Waals surface area contributed by atoms with E-state index in [1.807, 2.05) is 12.4 Å². The van der Waals surface area contributed by atoms with E-state index in [2.05, 4.69) is 57.1 Å². The molecule has 1 spiro atoms. The smallest absolute Gasteiger partial charge is 0.222 e. The van der Waals surface area contributed by atoms with Gasteiger partial charge in [0.2, 0.25) is 5.95 Å². The SMILES string of the molecule is CCNc1ncc(CN2CCCC23CCN(c2cccc(C)n2)CC3)cn1. The molecule has 0 atom stereocenters. The van der Waals surface area contributed by atoms with Gasteiger partial charge in [0.15, 0.2) is 0 Å². The minimum absolute atomic E-state index is 0.334. The number of nitrogens with one attached hydrogen (secondary N) is 1. The highest BCUT2D eigenvalue weighted by Crippen LogP contribution is 2.40. The van der Waals surface area contributed by atoms with Crippen molar-refractivity contribution in [3.05, 3.63) is 41.9 Å². The average Bonchev–Trinajstić information content (AvgIpc) is 3.06. The fourth-order valence-electron chi connectivity index (χ4n) is 4.57. The molecule has 4 rings (SSSR count). The van der Waals surface area contributed by atoms with Crippen LogP contribution >= 0.6 is 0 Å². The maximum atomic E-state index is 4.71. The largest absolute Gasteiger partial charge is 0.356 e. The molecule has 2 saturated heterocycles. The van der Waals surface area contributed by atoms with Crippen LogP contribution in [0.15, 0.2) is 30.6 Å². The molecule has 2 aliphatic rings. The summed E-state index contributed by atoms with van der Waals surface area (Å²) in [5, 5.41) is 3.16. The first kappa shape index (κ1) is 18.2. The number of nitrogens with zero attached hydrogens (tertiary/aromatic N) is 5. The highest BCUT2D eigenvalue weighted by Gasteiger charge is 2.43. The van der Waals surface area contributed by atoms with E-state index in [-0.39, 0.29) is 0 Å². The molecule has 0 aromatic carbocycles. The Hall–Kier alpha value is -2.21. The van der Waals surface area contributed by atoms with Crippen LogP contribution in [-0.4, -0.2) is 51.6 Å². The van der Waals surface area contributed by atoms with E-state index in [0.717, 1.165) is 43.6 Å². The van der Waals surface area contributed by atoms with Crippen LogP contribution in [0.25, 0.3) is 0 Å². The molecule has 2 aromatic heterocycles. The predicted octanol–water partition coefficient (Wildman–Crippen LogP) is 3.25. The summed E-state index contributed by atoms with van der Waals surface area (Å²) in [6.07, 6.45) is 8.96. The van der Waals surface area contributed by atoms with Gasteiger partial charge in [-0.25, -0.2) is 15.0 Å². The molecular formula is C21H30N6. The Balaban J connectivity index is 1.41. The van der Waals surface area contributed by atoms with Crippen molar-refractivity contribution in [2.75, 3.05) is 36.4 Å². The first-order chi connectivity index (χ1) is 13.2. The molecule has 1 N–H and O–H groups in total. The Bertz CT molecular complexity index is 752. The second-order valence-corrected chi connectivity index (χ2v) is 7.82. The monoisotopic (exact) mass is 366 g/mol. The number of aromatic nitrogens is 3. The van der Waals surface area contributed by atoms with Gasteiger partial charge in [0, 0.05) is 55.4 Å². The first-order valence-electron chi connectivity index (χ1n) is 10.2. The molecule has 2 fully saturated rings. The van der Waals surface area contributed by atoms with Crippen LogP contribution in [0.2, 0.25) is 0 Å². The second kappa shape index (κ2) is 7.80. The number of hydrogen-bond acceptors (Lipinski definition) is 6. The summed E-state index contributed by atoms with van der Waals surface area (Å²) < 4.78 is 0. The molecule has 0 aliphatic carbocycles. The number of piperidine rings is 1. The highest BCUT2D eigenvalue weighted by atomic mass is 15.3. The maximum Gasteiger partial charge on any atom is 0.222 e. The van der Waals surface area contributed by atoms with Crippen molar-refractivity contribution in [1.82, 2.24) is 19.9 Å². The zero-order chi connectivity index (χ0) is 18.7. The van der Waals surface area contributed by atoms with Crippen molar-refractivity contribution < 1.29 is 0 Å². The Morgan fingerprint density at radius 3 is 2.56 bits per heavy atom. The van der Waals surface area contributed by atoms with Crippen molar-refractivity contribution in [2.45, 2.75) is 51.6 Å². The molecule has 0 amide bonds. The van der Waals surface area contributed by atoms with Crippen molar-refractivity contribution in [2.24, 2.45) is 0 Å². The highest BCUT2D eigenvalue weighted by molar-refractivity contribution is 5.40. The minimum Gasteiger partial charge on any atom is -0.356 e. The molecule has 6 heteroatoms. The third-order valence-corrected chi connectivity index (χ3v) is 6.05. The molecule has 2 aromatic rings. The van der Waals surface area contributed by atoms with Crippen LogP contribution in [0.5, 0.6) is 0 Å². The van der Waals surface area contributed by atoms with E-state index in [1.165, 1.54) is 37.8 Å². The summed E-state index contributed by atoms with van der Waals surface area (Å²) in [4.78, 5) is 18.7. The number of anilines is 2. The van der Waals surface area contributed by atoms with E-state index in [0.29, 0.717) is 5.54 Å². The Morgan fingerprint density at radius 1 is 1.07 bits per heavy atom. The van der Waals surface area contributed by atoms with Gasteiger partial charge >= 0.3 is 0 Å². The van der Waals surface area contributed by atoms with Gasteiger partial charge in [0.05, 0.1) is 0 Å². The molecule has 2 aliphatic heterocycles. The molecule has 0 saturated carbocycles. The number of rotatable bonds is 5. The predicted molar refractivity (Wildman–Crippen MR) is 109 cm³/mol. The number of pyridine rings is 1. The van der Waals surface area contributed by atoms with Gasteiger partial charge in [-0.05, 0) is 58.2 Å². The van der Waals surface area contributed by atoms with Crippen LogP contribution in [0.4, 0.5) is 11.8 Å². The summed E-state index contributed by atoms with van der Waals surface area (Å²) in [6, 6.07) is 6.32. The van der Waals surface area contributed by atoms with Crippen molar-refractivity contribution in [3.8, 4) is 0 Å². The molecule has 6 nitrogen and oxygen atoms in total. The van der Waals surface area contributed by atoms with Gasteiger partial charge in [-0.3, -0.25) is 4.90 Å². The molecular weight excluding hydrogens is 336 g/mol. The van der Waals surface area contributed by atoms with Crippen LogP contribution in [-0.2, 0) is 6.54 Å². The third kappa shape index (κ3) is 3.90. The summed E-state index contributed by atoms with van der Waals surface area (Å²) >= 11 is 0. The van der Waals surface area contributed by atoms with E-state index in [1.54, 1.807) is 0 Å². The molecule has 144 valence electrons. The van der Waals surface area contributed by atoms with Gasteiger partial charge in [-0.2, -0.15) is 0 Å². The lowest BCUT2D eigenvalue weighted by Gasteiger charge is -2.45. The van der Waals surface area contributed by atoms with Gasteiger partial charge in [0.25, 0.3) is 0 Å². The lowest BCUT2D eigenvalue weighted by molar-refractivity contribution is 0.0994. The molecule has 4 heterocycles. The molecule has 0 radical (unpaired) electrons. The van der Waals surface area contributed by atoms with Crippen molar-refractivity contribution in [1.29, 1.82) is 0 Å². The fraction of sp³-hybridized carbons (Fsp3) is 0.571. The van der Waals surface area contributed by atoms with Gasteiger partial charge in [-0.1, -0.05) is 6.07 Å². The molecule has 0 unspecified atom stereocenters. The quantitative estimate of drug-likeness (QED) is 0.877. The number of likely N-dealkylation sites (tertiary alicyclic amines) is 1. The Kier molecular flexibility index (Phi) is 5.25. The number of aryl methyl sites for hydroxylation is 1. The summed E-state index contributed by atoms with van der Waals surface area (Å²) in [5.74, 6) is 1.85. The third-order valence-electron chi connectivity index (χ3n) is 6.05. The van der Waals surface area contributed by atoms with Gasteiger partial charge < -0.3 is 10.2 Å². The van der Waals surface area contributed by atoms with E-state index in [4.69, 9.17) is 4.98 Å². The standard InChI is InChI=1S/C21H30N6/c1-3-22-20-23-14-18(15-24-20)16-27-11-5-8-21(27)9-12-26(13-10-21)19-7-4-6-17(2)25-19/h4,6-7,14-15H,3,5,8-13,16H2,1-2H3,(H,22,23,24). The van der Waals surface area contributed by atoms with Crippen LogP contribution < -0.4 is 10.2 Å². The summed E-state index contributed by atoms with van der Waals surface area (Å²) in [5.41, 5.74) is 2.64. The lowest BCUT2D eigenvalue weighted by atomic mass is 9.84. The summed E-state index contributed by atoms with van der Waals surface area (Å²) in [6.45, 7) is 9.28. The molecule has 0 bridgehead atoms. The minimum atomic E-state index is 0.334. The zero-order valence-corrected chi connectivity index (χ0v) is 16.5. The van der Waals surface area contributed by atoms with E-state index in [9.17, 15) is 0 Å². The second-order valence-electron chi connectivity index (χ2n) is 7.82. The lowest BCUT2D eigenvalue weighted by Crippen LogP contribution is -2.52. The zero-order valence-electron chi connectivity index (χ0n) is 16.5. The van der Waals surface area contributed by atoms with Crippen LogP contribution in [0.3, 0.4) is 0 Å². The Morgan fingerprint density at radius 2 is 1.85 bits per heavy atom. The molecule has 27 heavy (non-hydrogen) atoms. The van der Waals surface area contributed by atoms with Crippen molar-refractivity contribution >= 4 is 11.8 Å². The van der Waals surface area contributed by atoms with E-state index >= 15 is 0 Å². The fourth-order valence-corrected chi connectivity index (χ4v) is 4.57. The van der Waals surface area contributed by atoms with Gasteiger partial charge in [-0.15, -0.1) is 0 Å². The van der Waals surface area contributed by atoms with Crippen molar-refractivity contribution in [3.63, 3.8) is 0 Å². The van der Waals surface area contributed by atoms with Crippen LogP contribution in [0, 0.1) is 6.92 Å². The van der Waals surface area contributed by atoms with E-state index < -0.39 is 0 Å². The van der Waals surface area contributed by atoms with Crippen LogP contribution in [0.1, 0.15) is 43.9 Å². The topological polar surface area (TPSA) is 57.2 Å². The first-order valence-corrected chi connectivity index (χ1v) is 10.2. The maximum absolute atomic E-state index is 4.71. The van der Waals surface area contributed by atoms with Gasteiger partial charge in [0.1, 0.15) is 5.82 Å². The Labute approximate surface area is 162 Å². The number of hydrogen-bond donors (Lipinski definition) is 1. The normalized spacial score (nSPS) is 19.6. The average molecular weight is 367 g/mol.